The standard InChI is InChI=1S/C38H24S/c1-2-11-25(12-3-1)29-19-10-14-26-21-22-28(23-34(26)29)37-30-15-5-7-17-32(30)38(33-18-8-6-16-31(33)37)36-24-27-13-4-9-20-35(27)39-36/h1-24H/i4D,10D,13D,14D,19D,20D,21D,22D,23D,24D. The average molecular weight is 523 g/mol. The molecule has 0 radical (unpaired) electrons. The van der Waals surface area contributed by atoms with Crippen LogP contribution in [0.2, 0.25) is 0 Å². The Balaban J connectivity index is 1.57. The van der Waals surface area contributed by atoms with Crippen LogP contribution in [0.5, 0.6) is 0 Å². The van der Waals surface area contributed by atoms with Crippen LogP contribution in [0.15, 0.2) is 145 Å². The van der Waals surface area contributed by atoms with Gasteiger partial charge in [-0.25, -0.2) is 0 Å². The molecule has 1 heterocycles. The fourth-order valence-electron chi connectivity index (χ4n) is 5.36. The van der Waals surface area contributed by atoms with Crippen molar-refractivity contribution in [3.8, 4) is 32.7 Å². The van der Waals surface area contributed by atoms with Crippen LogP contribution < -0.4 is 0 Å². The van der Waals surface area contributed by atoms with E-state index in [1.54, 1.807) is 24.3 Å². The highest BCUT2D eigenvalue weighted by molar-refractivity contribution is 7.22. The van der Waals surface area contributed by atoms with Gasteiger partial charge in [0.05, 0.1) is 13.7 Å². The molecule has 0 aliphatic carbocycles. The van der Waals surface area contributed by atoms with Gasteiger partial charge in [0.2, 0.25) is 0 Å². The first kappa shape index (κ1) is 14.4. The summed E-state index contributed by atoms with van der Waals surface area (Å²) in [4.78, 5) is 0.533. The van der Waals surface area contributed by atoms with E-state index in [1.807, 2.05) is 54.6 Å². The van der Waals surface area contributed by atoms with Crippen molar-refractivity contribution in [3.05, 3.63) is 145 Å². The van der Waals surface area contributed by atoms with E-state index in [-0.39, 0.29) is 87.7 Å². The number of thiophene rings is 1. The first-order chi connectivity index (χ1) is 23.5. The van der Waals surface area contributed by atoms with Crippen LogP contribution in [-0.2, 0) is 0 Å². The van der Waals surface area contributed by atoms with Gasteiger partial charge >= 0.3 is 0 Å². The second-order valence-electron chi connectivity index (χ2n) is 9.28. The van der Waals surface area contributed by atoms with E-state index < -0.39 is 0 Å². The Labute approximate surface area is 245 Å². The smallest absolute Gasteiger partial charge is 0.0645 e. The van der Waals surface area contributed by atoms with E-state index in [0.717, 1.165) is 0 Å². The van der Waals surface area contributed by atoms with Crippen LogP contribution in [-0.4, -0.2) is 0 Å². The number of rotatable bonds is 3. The van der Waals surface area contributed by atoms with Gasteiger partial charge < -0.3 is 0 Å². The number of hydrogen-bond acceptors (Lipinski definition) is 1. The lowest BCUT2D eigenvalue weighted by atomic mass is 9.86. The molecule has 0 fully saturated rings. The maximum absolute atomic E-state index is 9.69. The van der Waals surface area contributed by atoms with E-state index in [0.29, 0.717) is 47.8 Å². The van der Waals surface area contributed by atoms with Crippen molar-refractivity contribution < 1.29 is 13.7 Å². The summed E-state index contributed by atoms with van der Waals surface area (Å²) in [5.41, 5.74) is 2.21. The van der Waals surface area contributed by atoms with E-state index in [1.165, 1.54) is 17.4 Å². The van der Waals surface area contributed by atoms with Crippen LogP contribution in [0.4, 0.5) is 0 Å². The van der Waals surface area contributed by atoms with Crippen LogP contribution in [0.25, 0.3) is 75.1 Å². The fourth-order valence-corrected chi connectivity index (χ4v) is 6.36. The molecule has 0 nitrogen and oxygen atoms in total. The second kappa shape index (κ2) is 8.94. The Morgan fingerprint density at radius 1 is 0.462 bits per heavy atom. The van der Waals surface area contributed by atoms with Crippen molar-refractivity contribution in [3.63, 3.8) is 0 Å². The van der Waals surface area contributed by atoms with E-state index in [2.05, 4.69) is 0 Å². The van der Waals surface area contributed by atoms with Crippen LogP contribution >= 0.6 is 11.3 Å². The summed E-state index contributed by atoms with van der Waals surface area (Å²) in [5.74, 6) is 0. The van der Waals surface area contributed by atoms with Gasteiger partial charge in [0.15, 0.2) is 0 Å². The van der Waals surface area contributed by atoms with E-state index in [4.69, 9.17) is 8.22 Å². The number of benzene rings is 7. The zero-order valence-electron chi connectivity index (χ0n) is 30.5. The quantitative estimate of drug-likeness (QED) is 0.202. The van der Waals surface area contributed by atoms with Crippen LogP contribution in [0.1, 0.15) is 13.7 Å². The third-order valence-electron chi connectivity index (χ3n) is 7.05. The largest absolute Gasteiger partial charge is 0.135 e. The SMILES string of the molecule is [2H]c1cc([2H])c2sc(-c3c4ccccc4c(-c4c([2H])c([2H])c5c([2H])c([2H])c([2H])c(-c6ccccc6)c5c4[2H])c4ccccc34)c([2H])c2c1[2H]. The molecule has 0 unspecified atom stereocenters. The highest BCUT2D eigenvalue weighted by atomic mass is 32.1. The summed E-state index contributed by atoms with van der Waals surface area (Å²) in [6, 6.07) is 23.4. The van der Waals surface area contributed by atoms with Crippen molar-refractivity contribution in [1.82, 2.24) is 0 Å². The molecule has 0 aliphatic rings. The highest BCUT2D eigenvalue weighted by Gasteiger charge is 2.18. The summed E-state index contributed by atoms with van der Waals surface area (Å²) < 4.78 is 89.3. The molecule has 0 bridgehead atoms. The molecule has 0 spiro atoms. The summed E-state index contributed by atoms with van der Waals surface area (Å²) in [7, 11) is 0. The monoisotopic (exact) mass is 522 g/mol. The molecule has 39 heavy (non-hydrogen) atoms. The lowest BCUT2D eigenvalue weighted by Crippen LogP contribution is -1.90. The van der Waals surface area contributed by atoms with Crippen LogP contribution in [0, 0.1) is 0 Å². The van der Waals surface area contributed by atoms with Crippen molar-refractivity contribution in [2.75, 3.05) is 0 Å². The molecule has 0 N–H and O–H groups in total. The minimum atomic E-state index is -0.370. The molecule has 0 aliphatic heterocycles. The third-order valence-corrected chi connectivity index (χ3v) is 8.09. The Morgan fingerprint density at radius 2 is 1.13 bits per heavy atom. The van der Waals surface area contributed by atoms with Crippen molar-refractivity contribution in [2.24, 2.45) is 0 Å². The zero-order chi connectivity index (χ0) is 34.5. The predicted octanol–water partition coefficient (Wildman–Crippen LogP) is 11.4. The third kappa shape index (κ3) is 3.59. The molecule has 0 amide bonds. The molecule has 0 saturated heterocycles. The van der Waals surface area contributed by atoms with Crippen molar-refractivity contribution in [1.29, 1.82) is 0 Å². The average Bonchev–Trinajstić information content (AvgIpc) is 3.45. The molecule has 1 heteroatoms. The molecule has 0 saturated carbocycles. The van der Waals surface area contributed by atoms with Crippen molar-refractivity contribution >= 4 is 53.7 Å². The minimum absolute atomic E-state index is 0.0147. The van der Waals surface area contributed by atoms with Gasteiger partial charge in [-0.15, -0.1) is 11.3 Å². The predicted molar refractivity (Wildman–Crippen MR) is 171 cm³/mol. The maximum atomic E-state index is 9.69. The normalized spacial score (nSPS) is 15.2. The number of fused-ring (bicyclic) bond motifs is 4. The Hall–Kier alpha value is -4.72. The van der Waals surface area contributed by atoms with Gasteiger partial charge in [0.1, 0.15) is 0 Å². The topological polar surface area (TPSA) is 0 Å². The molecule has 8 rings (SSSR count). The summed E-state index contributed by atoms with van der Waals surface area (Å²) in [6.07, 6.45) is 0. The number of hydrogen-bond donors (Lipinski definition) is 0. The highest BCUT2D eigenvalue weighted by Crippen LogP contribution is 2.47. The van der Waals surface area contributed by atoms with Gasteiger partial charge in [-0.05, 0) is 78.1 Å². The van der Waals surface area contributed by atoms with Gasteiger partial charge in [-0.3, -0.25) is 0 Å². The van der Waals surface area contributed by atoms with Gasteiger partial charge in [0.25, 0.3) is 0 Å². The molecule has 8 aromatic rings. The first-order valence-electron chi connectivity index (χ1n) is 17.6. The lowest BCUT2D eigenvalue weighted by molar-refractivity contribution is 1.65. The molecular formula is C38H24S. The molecule has 7 aromatic carbocycles. The Bertz CT molecular complexity index is 2660. The second-order valence-corrected chi connectivity index (χ2v) is 10.3. The van der Waals surface area contributed by atoms with Crippen LogP contribution in [0.3, 0.4) is 0 Å². The maximum Gasteiger partial charge on any atom is 0.0645 e. The molecule has 1 aromatic heterocycles. The van der Waals surface area contributed by atoms with Gasteiger partial charge in [-0.2, -0.15) is 0 Å². The minimum Gasteiger partial charge on any atom is -0.135 e. The Morgan fingerprint density at radius 3 is 1.87 bits per heavy atom. The van der Waals surface area contributed by atoms with Gasteiger partial charge in [0, 0.05) is 15.1 Å². The molecule has 182 valence electrons. The first-order valence-corrected chi connectivity index (χ1v) is 13.4. The van der Waals surface area contributed by atoms with Gasteiger partial charge in [-0.1, -0.05) is 127 Å². The Kier molecular flexibility index (Phi) is 3.31. The fraction of sp³-hybridized carbons (Fsp3) is 0. The summed E-state index contributed by atoms with van der Waals surface area (Å²) >= 11 is 1.23. The lowest BCUT2D eigenvalue weighted by Gasteiger charge is -2.17. The molecule has 0 atom stereocenters. The van der Waals surface area contributed by atoms with E-state index in [9.17, 15) is 5.48 Å². The zero-order valence-corrected chi connectivity index (χ0v) is 21.3. The van der Waals surface area contributed by atoms with Crippen molar-refractivity contribution in [2.45, 2.75) is 0 Å². The van der Waals surface area contributed by atoms with E-state index >= 15 is 0 Å². The summed E-state index contributed by atoms with van der Waals surface area (Å²) in [6.45, 7) is 0. The summed E-state index contributed by atoms with van der Waals surface area (Å²) in [5, 5.41) is 3.13. The molecular weight excluding hydrogens is 488 g/mol.